The van der Waals surface area contributed by atoms with Crippen molar-refractivity contribution in [2.75, 3.05) is 7.05 Å². The van der Waals surface area contributed by atoms with Gasteiger partial charge in [0.05, 0.1) is 0 Å². The summed E-state index contributed by atoms with van der Waals surface area (Å²) in [5.41, 5.74) is 0.775. The summed E-state index contributed by atoms with van der Waals surface area (Å²) in [5, 5.41) is 4.49. The highest BCUT2D eigenvalue weighted by Gasteiger charge is 1.90. The average Bonchev–Trinajstić information content (AvgIpc) is 2.05. The van der Waals surface area contributed by atoms with Crippen LogP contribution in [0, 0.1) is 0 Å². The lowest BCUT2D eigenvalue weighted by Gasteiger charge is -1.98. The Balaban J connectivity index is 3.32. The van der Waals surface area contributed by atoms with Gasteiger partial charge in [0.25, 0.3) is 0 Å². The van der Waals surface area contributed by atoms with E-state index in [0.717, 1.165) is 5.49 Å². The Labute approximate surface area is 76.0 Å². The third-order valence-electron chi connectivity index (χ3n) is 1.33. The van der Waals surface area contributed by atoms with E-state index in [2.05, 4.69) is 10.1 Å². The highest BCUT2D eigenvalue weighted by atomic mass is 35.5. The van der Waals surface area contributed by atoms with Crippen molar-refractivity contribution in [1.29, 1.82) is 0 Å². The molecule has 0 aliphatic carbocycles. The van der Waals surface area contributed by atoms with Gasteiger partial charge in [-0.1, -0.05) is 17.7 Å². The van der Waals surface area contributed by atoms with E-state index in [1.807, 2.05) is 19.1 Å². The Morgan fingerprint density at radius 1 is 1.58 bits per heavy atom. The third kappa shape index (κ3) is 1.95. The lowest BCUT2D eigenvalue weighted by Crippen LogP contribution is -2.18. The van der Waals surface area contributed by atoms with E-state index in [-0.39, 0.29) is 0 Å². The second-order valence-electron chi connectivity index (χ2n) is 2.16. The molecule has 0 amide bonds. The van der Waals surface area contributed by atoms with Crippen LogP contribution in [0.3, 0.4) is 0 Å². The first-order valence-corrected chi connectivity index (χ1v) is 3.96. The summed E-state index contributed by atoms with van der Waals surface area (Å²) in [6.07, 6.45) is 3.67. The number of aromatic nitrogens is 2. The molecule has 0 bridgehead atoms. The van der Waals surface area contributed by atoms with Crippen LogP contribution in [0.2, 0.25) is 5.15 Å². The number of hydrogen-bond donors (Lipinski definition) is 0. The summed E-state index contributed by atoms with van der Waals surface area (Å²) in [7, 11) is 1.71. The fourth-order valence-electron chi connectivity index (χ4n) is 0.835. The van der Waals surface area contributed by atoms with Crippen molar-refractivity contribution in [2.24, 2.45) is 4.99 Å². The molecular weight excluding hydrogens is 174 g/mol. The monoisotopic (exact) mass is 183 g/mol. The SMILES string of the molecule is C/C=C/n1nc(Cl)ccc1=NC. The first-order chi connectivity index (χ1) is 5.77. The van der Waals surface area contributed by atoms with Crippen LogP contribution >= 0.6 is 11.6 Å². The topological polar surface area (TPSA) is 30.2 Å². The standard InChI is InChI=1S/C8H10ClN3/c1-3-6-12-8(10-2)5-4-7(9)11-12/h3-6H,1-2H3/b6-3+,10-8?. The van der Waals surface area contributed by atoms with Crippen molar-refractivity contribution in [1.82, 2.24) is 9.78 Å². The van der Waals surface area contributed by atoms with E-state index in [4.69, 9.17) is 11.6 Å². The number of allylic oxidation sites excluding steroid dienone is 1. The maximum atomic E-state index is 5.70. The minimum Gasteiger partial charge on any atom is -0.270 e. The van der Waals surface area contributed by atoms with E-state index < -0.39 is 0 Å². The molecule has 0 N–H and O–H groups in total. The Kier molecular flexibility index (Phi) is 3.05. The molecule has 64 valence electrons. The summed E-state index contributed by atoms with van der Waals surface area (Å²) in [5.74, 6) is 0. The molecule has 3 nitrogen and oxygen atoms in total. The molecule has 1 aromatic heterocycles. The lowest BCUT2D eigenvalue weighted by molar-refractivity contribution is 0.823. The van der Waals surface area contributed by atoms with Gasteiger partial charge in [0.2, 0.25) is 0 Å². The highest BCUT2D eigenvalue weighted by Crippen LogP contribution is 1.97. The van der Waals surface area contributed by atoms with Crippen molar-refractivity contribution in [3.63, 3.8) is 0 Å². The van der Waals surface area contributed by atoms with Crippen LogP contribution in [0.5, 0.6) is 0 Å². The smallest absolute Gasteiger partial charge is 0.150 e. The van der Waals surface area contributed by atoms with Crippen LogP contribution in [0.15, 0.2) is 23.2 Å². The first kappa shape index (κ1) is 9.00. The van der Waals surface area contributed by atoms with Gasteiger partial charge in [0, 0.05) is 13.2 Å². The first-order valence-electron chi connectivity index (χ1n) is 3.59. The van der Waals surface area contributed by atoms with Gasteiger partial charge in [-0.15, -0.1) is 0 Å². The van der Waals surface area contributed by atoms with E-state index in [9.17, 15) is 0 Å². The summed E-state index contributed by atoms with van der Waals surface area (Å²) in [6, 6.07) is 3.53. The lowest BCUT2D eigenvalue weighted by atomic mass is 10.5. The molecule has 1 aromatic rings. The second kappa shape index (κ2) is 4.07. The van der Waals surface area contributed by atoms with Crippen LogP contribution in [0.1, 0.15) is 6.92 Å². The molecule has 0 atom stereocenters. The van der Waals surface area contributed by atoms with Crippen LogP contribution in [-0.4, -0.2) is 16.8 Å². The van der Waals surface area contributed by atoms with Gasteiger partial charge >= 0.3 is 0 Å². The molecule has 0 aromatic carbocycles. The molecule has 0 saturated heterocycles. The summed E-state index contributed by atoms with van der Waals surface area (Å²) in [4.78, 5) is 4.02. The normalized spacial score (nSPS) is 12.8. The van der Waals surface area contributed by atoms with Gasteiger partial charge in [-0.2, -0.15) is 5.10 Å². The van der Waals surface area contributed by atoms with Gasteiger partial charge in [-0.3, -0.25) is 4.99 Å². The zero-order valence-corrected chi connectivity index (χ0v) is 7.78. The molecule has 0 spiro atoms. The number of hydrogen-bond acceptors (Lipinski definition) is 2. The van der Waals surface area contributed by atoms with Crippen LogP contribution < -0.4 is 5.49 Å². The largest absolute Gasteiger partial charge is 0.270 e. The molecule has 1 rings (SSSR count). The number of nitrogens with zero attached hydrogens (tertiary/aromatic N) is 3. The summed E-state index contributed by atoms with van der Waals surface area (Å²) in [6.45, 7) is 1.91. The Morgan fingerprint density at radius 2 is 2.33 bits per heavy atom. The van der Waals surface area contributed by atoms with Crippen molar-refractivity contribution >= 4 is 17.8 Å². The van der Waals surface area contributed by atoms with Crippen LogP contribution in [0.4, 0.5) is 0 Å². The van der Waals surface area contributed by atoms with Gasteiger partial charge in [-0.05, 0) is 19.1 Å². The molecule has 4 heteroatoms. The van der Waals surface area contributed by atoms with Crippen molar-refractivity contribution in [3.05, 3.63) is 28.8 Å². The van der Waals surface area contributed by atoms with E-state index in [1.165, 1.54) is 0 Å². The Bertz CT molecular complexity index is 352. The van der Waals surface area contributed by atoms with E-state index >= 15 is 0 Å². The third-order valence-corrected chi connectivity index (χ3v) is 1.53. The van der Waals surface area contributed by atoms with Gasteiger partial charge in [-0.25, -0.2) is 4.68 Å². The zero-order chi connectivity index (χ0) is 8.97. The second-order valence-corrected chi connectivity index (χ2v) is 2.55. The minimum absolute atomic E-state index is 0.459. The predicted molar refractivity (Wildman–Crippen MR) is 49.7 cm³/mol. The highest BCUT2D eigenvalue weighted by molar-refractivity contribution is 6.29. The Morgan fingerprint density at radius 3 is 2.92 bits per heavy atom. The molecule has 12 heavy (non-hydrogen) atoms. The summed E-state index contributed by atoms with van der Waals surface area (Å²) < 4.78 is 1.63. The summed E-state index contributed by atoms with van der Waals surface area (Å²) >= 11 is 5.70. The van der Waals surface area contributed by atoms with Gasteiger partial charge < -0.3 is 0 Å². The maximum Gasteiger partial charge on any atom is 0.150 e. The number of rotatable bonds is 1. The van der Waals surface area contributed by atoms with Crippen LogP contribution in [-0.2, 0) is 0 Å². The van der Waals surface area contributed by atoms with E-state index in [0.29, 0.717) is 5.15 Å². The molecule has 0 unspecified atom stereocenters. The van der Waals surface area contributed by atoms with Crippen molar-refractivity contribution in [3.8, 4) is 0 Å². The van der Waals surface area contributed by atoms with Crippen molar-refractivity contribution < 1.29 is 0 Å². The van der Waals surface area contributed by atoms with Crippen molar-refractivity contribution in [2.45, 2.75) is 6.92 Å². The van der Waals surface area contributed by atoms with Gasteiger partial charge in [0.1, 0.15) is 10.6 Å². The minimum atomic E-state index is 0.459. The molecule has 0 aliphatic heterocycles. The predicted octanol–water partition coefficient (Wildman–Crippen LogP) is 1.56. The zero-order valence-electron chi connectivity index (χ0n) is 7.03. The average molecular weight is 184 g/mol. The van der Waals surface area contributed by atoms with Crippen LogP contribution in [0.25, 0.3) is 6.20 Å². The quantitative estimate of drug-likeness (QED) is 0.650. The fraction of sp³-hybridized carbons (Fsp3) is 0.250. The Hall–Kier alpha value is -1.09. The van der Waals surface area contributed by atoms with E-state index in [1.54, 1.807) is 24.0 Å². The van der Waals surface area contributed by atoms with Gasteiger partial charge in [0.15, 0.2) is 0 Å². The fourth-order valence-corrected chi connectivity index (χ4v) is 0.979. The molecule has 0 radical (unpaired) electrons. The molecule has 0 fully saturated rings. The molecule has 0 aliphatic rings. The maximum absolute atomic E-state index is 5.70. The molecule has 1 heterocycles. The molecule has 0 saturated carbocycles. The molecular formula is C8H10ClN3. The number of halogens is 1.